The van der Waals surface area contributed by atoms with Crippen LogP contribution in [0.15, 0.2) is 121 Å². The molecule has 0 aliphatic heterocycles. The summed E-state index contributed by atoms with van der Waals surface area (Å²) in [5.74, 6) is 0. The van der Waals surface area contributed by atoms with Gasteiger partial charge in [-0.15, -0.1) is 0 Å². The van der Waals surface area contributed by atoms with Crippen molar-refractivity contribution in [3.8, 4) is 0 Å². The summed E-state index contributed by atoms with van der Waals surface area (Å²) in [4.78, 5) is 0. The molecule has 0 radical (unpaired) electrons. The summed E-state index contributed by atoms with van der Waals surface area (Å²) in [5.41, 5.74) is -0.488. The van der Waals surface area contributed by atoms with Crippen LogP contribution in [-0.2, 0) is 6.16 Å². The molecule has 0 saturated carbocycles. The molecule has 0 fully saturated rings. The molecule has 146 valence electrons. The van der Waals surface area contributed by atoms with E-state index in [-0.39, 0.29) is 0 Å². The van der Waals surface area contributed by atoms with E-state index < -0.39 is 5.46 Å². The van der Waals surface area contributed by atoms with E-state index in [1.165, 1.54) is 21.9 Å². The van der Waals surface area contributed by atoms with Crippen LogP contribution in [0.25, 0.3) is 0 Å². The van der Waals surface area contributed by atoms with Gasteiger partial charge in [0.05, 0.1) is 0 Å². The SMILES string of the molecule is CN(c1ccccc1)P(Br)(Cc1ccccc1)(c1ccccc1)c1ccccc1. The Balaban J connectivity index is 2.05. The van der Waals surface area contributed by atoms with Gasteiger partial charge in [-0.2, -0.15) is 0 Å². The van der Waals surface area contributed by atoms with Crippen molar-refractivity contribution in [3.05, 3.63) is 127 Å². The van der Waals surface area contributed by atoms with Crippen molar-refractivity contribution < 1.29 is 0 Å². The van der Waals surface area contributed by atoms with E-state index in [1.54, 1.807) is 0 Å². The van der Waals surface area contributed by atoms with Gasteiger partial charge in [0.15, 0.2) is 0 Å². The zero-order valence-electron chi connectivity index (χ0n) is 16.5. The van der Waals surface area contributed by atoms with Crippen LogP contribution in [0.4, 0.5) is 5.69 Å². The van der Waals surface area contributed by atoms with Crippen LogP contribution in [0.1, 0.15) is 5.56 Å². The number of anilines is 1. The predicted octanol–water partition coefficient (Wildman–Crippen LogP) is 6.75. The number of hydrogen-bond donors (Lipinski definition) is 0. The van der Waals surface area contributed by atoms with Gasteiger partial charge < -0.3 is 0 Å². The molecule has 4 aromatic carbocycles. The third-order valence-corrected chi connectivity index (χ3v) is 15.4. The fraction of sp³-hybridized carbons (Fsp3) is 0.0769. The van der Waals surface area contributed by atoms with Crippen molar-refractivity contribution in [3.63, 3.8) is 0 Å². The van der Waals surface area contributed by atoms with Crippen molar-refractivity contribution in [1.29, 1.82) is 0 Å². The summed E-state index contributed by atoms with van der Waals surface area (Å²) in [5, 5.41) is 2.64. The molecule has 0 aliphatic carbocycles. The molecule has 0 saturated heterocycles. The molecule has 4 aromatic rings. The first-order chi connectivity index (χ1) is 14.1. The summed E-state index contributed by atoms with van der Waals surface area (Å²) >= 11 is 4.50. The minimum atomic E-state index is -3.00. The van der Waals surface area contributed by atoms with Gasteiger partial charge in [0.25, 0.3) is 0 Å². The number of halogens is 1. The second-order valence-electron chi connectivity index (χ2n) is 7.31. The summed E-state index contributed by atoms with van der Waals surface area (Å²) in [7, 11) is 2.23. The Morgan fingerprint density at radius 1 is 0.586 bits per heavy atom. The molecule has 0 N–H and O–H groups in total. The van der Waals surface area contributed by atoms with Crippen molar-refractivity contribution >= 4 is 37.2 Å². The van der Waals surface area contributed by atoms with Crippen LogP contribution in [0, 0.1) is 0 Å². The summed E-state index contributed by atoms with van der Waals surface area (Å²) < 4.78 is 2.49. The Labute approximate surface area is 181 Å². The van der Waals surface area contributed by atoms with E-state index in [0.29, 0.717) is 0 Å². The number of para-hydroxylation sites is 1. The number of rotatable bonds is 6. The summed E-state index contributed by atoms with van der Waals surface area (Å²) in [6.07, 6.45) is 0.895. The minimum absolute atomic E-state index is 0.895. The molecule has 0 unspecified atom stereocenters. The number of hydrogen-bond acceptors (Lipinski definition) is 1. The van der Waals surface area contributed by atoms with Gasteiger partial charge in [-0.25, -0.2) is 0 Å². The molecule has 3 heteroatoms. The van der Waals surface area contributed by atoms with Crippen molar-refractivity contribution in [2.45, 2.75) is 6.16 Å². The van der Waals surface area contributed by atoms with Gasteiger partial charge in [0.1, 0.15) is 0 Å². The zero-order valence-corrected chi connectivity index (χ0v) is 19.0. The van der Waals surface area contributed by atoms with Crippen molar-refractivity contribution in [2.24, 2.45) is 0 Å². The second kappa shape index (κ2) is 8.14. The first kappa shape index (κ1) is 19.9. The molecule has 0 spiro atoms. The standard InChI is InChI=1S/C26H25BrNP/c1-28(24-16-8-3-9-17-24)29(27,25-18-10-4-11-19-25,26-20-12-5-13-21-26)22-23-14-6-2-7-15-23/h2-21H,22H2,1H3. The van der Waals surface area contributed by atoms with Gasteiger partial charge in [-0.05, 0) is 0 Å². The quantitative estimate of drug-likeness (QED) is 0.287. The Bertz CT molecular complexity index is 1010. The predicted molar refractivity (Wildman–Crippen MR) is 133 cm³/mol. The molecular weight excluding hydrogens is 437 g/mol. The fourth-order valence-electron chi connectivity index (χ4n) is 4.05. The maximum absolute atomic E-state index is 4.50. The average Bonchev–Trinajstić information content (AvgIpc) is 2.81. The molecular formula is C26H25BrNP. The van der Waals surface area contributed by atoms with E-state index >= 15 is 0 Å². The van der Waals surface area contributed by atoms with Crippen LogP contribution in [-0.4, -0.2) is 7.05 Å². The topological polar surface area (TPSA) is 3.24 Å². The molecule has 0 aliphatic rings. The van der Waals surface area contributed by atoms with Gasteiger partial charge in [0.2, 0.25) is 0 Å². The third kappa shape index (κ3) is 3.52. The van der Waals surface area contributed by atoms with E-state index in [2.05, 4.69) is 149 Å². The van der Waals surface area contributed by atoms with Crippen LogP contribution in [0.2, 0.25) is 0 Å². The number of nitrogens with zero attached hydrogens (tertiary/aromatic N) is 1. The Kier molecular flexibility index (Phi) is 5.58. The Morgan fingerprint density at radius 2 is 0.966 bits per heavy atom. The average molecular weight is 462 g/mol. The first-order valence-corrected chi connectivity index (χ1v) is 14.2. The van der Waals surface area contributed by atoms with Crippen LogP contribution in [0.3, 0.4) is 0 Å². The molecule has 0 heterocycles. The molecule has 0 bridgehead atoms. The normalized spacial score (nSPS) is 12.7. The van der Waals surface area contributed by atoms with Crippen LogP contribution < -0.4 is 15.3 Å². The van der Waals surface area contributed by atoms with Crippen LogP contribution >= 0.6 is 20.9 Å². The molecule has 4 rings (SSSR count). The molecule has 0 aromatic heterocycles. The molecule has 0 amide bonds. The first-order valence-electron chi connectivity index (χ1n) is 9.80. The van der Waals surface area contributed by atoms with E-state index in [1.807, 2.05) is 0 Å². The number of benzene rings is 4. The van der Waals surface area contributed by atoms with Gasteiger partial charge in [-0.3, -0.25) is 0 Å². The van der Waals surface area contributed by atoms with E-state index in [9.17, 15) is 0 Å². The van der Waals surface area contributed by atoms with Gasteiger partial charge in [-0.1, -0.05) is 0 Å². The molecule has 1 nitrogen and oxygen atoms in total. The van der Waals surface area contributed by atoms with Crippen LogP contribution in [0.5, 0.6) is 0 Å². The maximum atomic E-state index is 4.50. The fourth-order valence-corrected chi connectivity index (χ4v) is 11.5. The second-order valence-corrected chi connectivity index (χ2v) is 16.1. The van der Waals surface area contributed by atoms with Gasteiger partial charge in [0, 0.05) is 0 Å². The van der Waals surface area contributed by atoms with Crippen molar-refractivity contribution in [1.82, 2.24) is 0 Å². The summed E-state index contributed by atoms with van der Waals surface area (Å²) in [6.45, 7) is 0. The third-order valence-electron chi connectivity index (χ3n) is 5.63. The Hall–Kier alpha value is -2.41. The van der Waals surface area contributed by atoms with Gasteiger partial charge >= 0.3 is 182 Å². The van der Waals surface area contributed by atoms with E-state index in [4.69, 9.17) is 0 Å². The molecule has 29 heavy (non-hydrogen) atoms. The van der Waals surface area contributed by atoms with Crippen molar-refractivity contribution in [2.75, 3.05) is 11.7 Å². The molecule has 0 atom stereocenters. The summed E-state index contributed by atoms with van der Waals surface area (Å²) in [6, 6.07) is 43.3. The van der Waals surface area contributed by atoms with E-state index in [0.717, 1.165) is 6.16 Å². The Morgan fingerprint density at radius 3 is 1.41 bits per heavy atom. The monoisotopic (exact) mass is 461 g/mol. The zero-order chi connectivity index (χ0) is 20.2.